The summed E-state index contributed by atoms with van der Waals surface area (Å²) in [5.74, 6) is 0.962. The number of nitriles is 1. The van der Waals surface area contributed by atoms with Gasteiger partial charge in [0.15, 0.2) is 0 Å². The van der Waals surface area contributed by atoms with Crippen LogP contribution < -0.4 is 4.74 Å². The van der Waals surface area contributed by atoms with Crippen molar-refractivity contribution in [3.8, 4) is 23.1 Å². The van der Waals surface area contributed by atoms with Gasteiger partial charge in [0.25, 0.3) is 0 Å². The third kappa shape index (κ3) is 2.55. The Morgan fingerprint density at radius 1 is 1.11 bits per heavy atom. The minimum absolute atomic E-state index is 0.177. The molecule has 0 aliphatic heterocycles. The van der Waals surface area contributed by atoms with Crippen LogP contribution in [-0.4, -0.2) is 17.1 Å². The zero-order chi connectivity index (χ0) is 14.0. The molecule has 0 unspecified atom stereocenters. The molecular weight excluding hydrogens is 238 g/mol. The van der Waals surface area contributed by atoms with Crippen LogP contribution in [0.25, 0.3) is 11.3 Å². The Balaban J connectivity index is 2.71. The number of hydrogen-bond acceptors (Lipinski definition) is 4. The molecule has 0 fully saturated rings. The van der Waals surface area contributed by atoms with Gasteiger partial charge in [-0.2, -0.15) is 5.26 Å². The van der Waals surface area contributed by atoms with E-state index < -0.39 is 0 Å². The van der Waals surface area contributed by atoms with E-state index in [4.69, 9.17) is 10.00 Å². The van der Waals surface area contributed by atoms with Crippen LogP contribution in [0.3, 0.4) is 0 Å². The summed E-state index contributed by atoms with van der Waals surface area (Å²) in [6, 6.07) is 7.91. The van der Waals surface area contributed by atoms with E-state index in [0.29, 0.717) is 5.69 Å². The number of methoxy groups -OCH3 is 1. The highest BCUT2D eigenvalue weighted by Crippen LogP contribution is 2.33. The summed E-state index contributed by atoms with van der Waals surface area (Å²) in [7, 11) is 1.64. The zero-order valence-corrected chi connectivity index (χ0v) is 11.5. The molecule has 4 heteroatoms. The lowest BCUT2D eigenvalue weighted by molar-refractivity contribution is 0.413. The van der Waals surface area contributed by atoms with Gasteiger partial charge >= 0.3 is 0 Å². The highest BCUT2D eigenvalue weighted by Gasteiger charge is 2.12. The first kappa shape index (κ1) is 13.0. The average molecular weight is 253 g/mol. The Hall–Kier alpha value is -2.41. The second-order valence-corrected chi connectivity index (χ2v) is 4.49. The molecule has 2 rings (SSSR count). The molecule has 0 spiro atoms. The number of rotatable bonds is 2. The van der Waals surface area contributed by atoms with Crippen molar-refractivity contribution < 1.29 is 4.74 Å². The predicted octanol–water partition coefficient (Wildman–Crippen LogP) is 2.95. The SMILES string of the molecule is COc1c(C)cc(C)cc1-c1cc(C)nc(C#N)n1. The second kappa shape index (κ2) is 5.07. The number of nitrogens with zero attached hydrogens (tertiary/aromatic N) is 3. The average Bonchev–Trinajstić information content (AvgIpc) is 2.37. The maximum absolute atomic E-state index is 8.96. The summed E-state index contributed by atoms with van der Waals surface area (Å²) >= 11 is 0. The molecule has 0 atom stereocenters. The van der Waals surface area contributed by atoms with Crippen LogP contribution >= 0.6 is 0 Å². The van der Waals surface area contributed by atoms with Gasteiger partial charge in [-0.1, -0.05) is 6.07 Å². The molecule has 96 valence electrons. The molecule has 0 amide bonds. The molecular formula is C15H15N3O. The van der Waals surface area contributed by atoms with Crippen molar-refractivity contribution in [2.75, 3.05) is 7.11 Å². The third-order valence-corrected chi connectivity index (χ3v) is 2.85. The first-order valence-electron chi connectivity index (χ1n) is 5.96. The summed E-state index contributed by atoms with van der Waals surface area (Å²) in [6.07, 6.45) is 0. The van der Waals surface area contributed by atoms with Gasteiger partial charge in [0.05, 0.1) is 12.8 Å². The van der Waals surface area contributed by atoms with Crippen molar-refractivity contribution in [1.29, 1.82) is 5.26 Å². The molecule has 1 heterocycles. The molecule has 0 aliphatic rings. The second-order valence-electron chi connectivity index (χ2n) is 4.49. The molecule has 0 aliphatic carbocycles. The van der Waals surface area contributed by atoms with Gasteiger partial charge in [0.2, 0.25) is 5.82 Å². The van der Waals surface area contributed by atoms with Gasteiger partial charge in [-0.25, -0.2) is 9.97 Å². The third-order valence-electron chi connectivity index (χ3n) is 2.85. The van der Waals surface area contributed by atoms with Crippen LogP contribution in [0.15, 0.2) is 18.2 Å². The van der Waals surface area contributed by atoms with Gasteiger partial charge in [0, 0.05) is 11.3 Å². The minimum atomic E-state index is 0.177. The standard InChI is InChI=1S/C15H15N3O/c1-9-5-10(2)15(19-4)12(6-9)13-7-11(3)17-14(8-16)18-13/h5-7H,1-4H3. The Morgan fingerprint density at radius 2 is 1.84 bits per heavy atom. The largest absolute Gasteiger partial charge is 0.496 e. The molecule has 1 aromatic heterocycles. The Labute approximate surface area is 112 Å². The van der Waals surface area contributed by atoms with Crippen LogP contribution in [-0.2, 0) is 0 Å². The Morgan fingerprint density at radius 3 is 2.47 bits per heavy atom. The topological polar surface area (TPSA) is 58.8 Å². The predicted molar refractivity (Wildman–Crippen MR) is 72.9 cm³/mol. The molecule has 0 saturated heterocycles. The molecule has 2 aromatic rings. The van der Waals surface area contributed by atoms with Gasteiger partial charge in [0.1, 0.15) is 11.8 Å². The van der Waals surface area contributed by atoms with E-state index >= 15 is 0 Å². The van der Waals surface area contributed by atoms with Gasteiger partial charge in [-0.15, -0.1) is 0 Å². The summed E-state index contributed by atoms with van der Waals surface area (Å²) < 4.78 is 5.46. The van der Waals surface area contributed by atoms with E-state index in [1.165, 1.54) is 0 Å². The van der Waals surface area contributed by atoms with Gasteiger partial charge < -0.3 is 4.74 Å². The summed E-state index contributed by atoms with van der Waals surface area (Å²) in [5, 5.41) is 8.96. The van der Waals surface area contributed by atoms with Crippen molar-refractivity contribution in [2.24, 2.45) is 0 Å². The minimum Gasteiger partial charge on any atom is -0.496 e. The molecule has 4 nitrogen and oxygen atoms in total. The smallest absolute Gasteiger partial charge is 0.232 e. The van der Waals surface area contributed by atoms with Gasteiger partial charge in [-0.3, -0.25) is 0 Å². The lowest BCUT2D eigenvalue weighted by Crippen LogP contribution is -1.98. The fraction of sp³-hybridized carbons (Fsp3) is 0.267. The molecule has 0 N–H and O–H groups in total. The first-order valence-corrected chi connectivity index (χ1v) is 5.96. The fourth-order valence-electron chi connectivity index (χ4n) is 2.17. The van der Waals surface area contributed by atoms with Crippen molar-refractivity contribution in [1.82, 2.24) is 9.97 Å². The van der Waals surface area contributed by atoms with E-state index in [9.17, 15) is 0 Å². The normalized spacial score (nSPS) is 10.1. The number of ether oxygens (including phenoxy) is 1. The van der Waals surface area contributed by atoms with E-state index in [0.717, 1.165) is 28.1 Å². The van der Waals surface area contributed by atoms with Crippen molar-refractivity contribution in [3.05, 3.63) is 40.8 Å². The monoisotopic (exact) mass is 253 g/mol. The molecule has 0 radical (unpaired) electrons. The van der Waals surface area contributed by atoms with Crippen molar-refractivity contribution in [2.45, 2.75) is 20.8 Å². The van der Waals surface area contributed by atoms with Crippen LogP contribution in [0.5, 0.6) is 5.75 Å². The summed E-state index contributed by atoms with van der Waals surface area (Å²) in [4.78, 5) is 8.33. The van der Waals surface area contributed by atoms with E-state index in [1.807, 2.05) is 39.0 Å². The van der Waals surface area contributed by atoms with Crippen LogP contribution in [0.2, 0.25) is 0 Å². The van der Waals surface area contributed by atoms with Crippen LogP contribution in [0, 0.1) is 32.1 Å². The number of aryl methyl sites for hydroxylation is 3. The van der Waals surface area contributed by atoms with E-state index in [1.54, 1.807) is 7.11 Å². The number of aromatic nitrogens is 2. The lowest BCUT2D eigenvalue weighted by Gasteiger charge is -2.12. The Bertz CT molecular complexity index is 672. The van der Waals surface area contributed by atoms with Crippen LogP contribution in [0.1, 0.15) is 22.6 Å². The number of benzene rings is 1. The zero-order valence-electron chi connectivity index (χ0n) is 11.5. The number of hydrogen-bond donors (Lipinski definition) is 0. The van der Waals surface area contributed by atoms with Crippen molar-refractivity contribution >= 4 is 0 Å². The van der Waals surface area contributed by atoms with E-state index in [-0.39, 0.29) is 5.82 Å². The maximum Gasteiger partial charge on any atom is 0.232 e. The van der Waals surface area contributed by atoms with E-state index in [2.05, 4.69) is 16.0 Å². The van der Waals surface area contributed by atoms with Gasteiger partial charge in [-0.05, 0) is 44.0 Å². The lowest BCUT2D eigenvalue weighted by atomic mass is 10.0. The quantitative estimate of drug-likeness (QED) is 0.825. The molecule has 0 saturated carbocycles. The molecule has 1 aromatic carbocycles. The maximum atomic E-state index is 8.96. The van der Waals surface area contributed by atoms with Crippen LogP contribution in [0.4, 0.5) is 0 Å². The summed E-state index contributed by atoms with van der Waals surface area (Å²) in [5.41, 5.74) is 4.55. The first-order chi connectivity index (χ1) is 9.05. The Kier molecular flexibility index (Phi) is 3.48. The van der Waals surface area contributed by atoms with Crippen molar-refractivity contribution in [3.63, 3.8) is 0 Å². The molecule has 19 heavy (non-hydrogen) atoms. The molecule has 0 bridgehead atoms. The fourth-order valence-corrected chi connectivity index (χ4v) is 2.17. The highest BCUT2D eigenvalue weighted by molar-refractivity contribution is 5.70. The summed E-state index contributed by atoms with van der Waals surface area (Å²) in [6.45, 7) is 5.87. The highest BCUT2D eigenvalue weighted by atomic mass is 16.5.